The van der Waals surface area contributed by atoms with Crippen LogP contribution in [0, 0.1) is 0 Å². The zero-order valence-corrected chi connectivity index (χ0v) is 12.7. The molecule has 6 nitrogen and oxygen atoms in total. The first kappa shape index (κ1) is 15.8. The molecular formula is C15H17N3O3S. The first-order valence-corrected chi connectivity index (χ1v) is 7.53. The van der Waals surface area contributed by atoms with Crippen molar-refractivity contribution in [3.05, 3.63) is 52.7 Å². The van der Waals surface area contributed by atoms with Gasteiger partial charge in [0, 0.05) is 4.88 Å². The van der Waals surface area contributed by atoms with Crippen molar-refractivity contribution < 1.29 is 14.4 Å². The molecule has 3 N–H and O–H groups in total. The van der Waals surface area contributed by atoms with Crippen LogP contribution in [0.3, 0.4) is 0 Å². The van der Waals surface area contributed by atoms with E-state index in [9.17, 15) is 4.79 Å². The van der Waals surface area contributed by atoms with E-state index in [1.807, 2.05) is 47.8 Å². The van der Waals surface area contributed by atoms with Gasteiger partial charge >= 0.3 is 0 Å². The van der Waals surface area contributed by atoms with E-state index >= 15 is 0 Å². The maximum Gasteiger partial charge on any atom is 0.261 e. The number of nitrogens with zero attached hydrogens (tertiary/aromatic N) is 1. The van der Waals surface area contributed by atoms with Gasteiger partial charge in [-0.1, -0.05) is 29.4 Å². The summed E-state index contributed by atoms with van der Waals surface area (Å²) in [6, 6.07) is 13.1. The summed E-state index contributed by atoms with van der Waals surface area (Å²) in [6.45, 7) is 0.397. The Labute approximate surface area is 132 Å². The molecule has 0 atom stereocenters. The van der Waals surface area contributed by atoms with Crippen LogP contribution in [-0.4, -0.2) is 25.0 Å². The minimum atomic E-state index is -0.256. The van der Waals surface area contributed by atoms with Gasteiger partial charge in [-0.25, -0.2) is 0 Å². The van der Waals surface area contributed by atoms with Crippen LogP contribution in [0.1, 0.15) is 4.88 Å². The lowest BCUT2D eigenvalue weighted by atomic mass is 10.3. The highest BCUT2D eigenvalue weighted by atomic mass is 32.1. The van der Waals surface area contributed by atoms with Crippen LogP contribution in [-0.2, 0) is 16.2 Å². The van der Waals surface area contributed by atoms with Crippen molar-refractivity contribution in [1.82, 2.24) is 5.32 Å². The van der Waals surface area contributed by atoms with Crippen LogP contribution in [0.5, 0.6) is 5.75 Å². The third-order valence-corrected chi connectivity index (χ3v) is 3.42. The van der Waals surface area contributed by atoms with Gasteiger partial charge in [0.1, 0.15) is 12.4 Å². The number of amidine groups is 1. The first-order chi connectivity index (χ1) is 10.7. The van der Waals surface area contributed by atoms with Crippen molar-refractivity contribution in [3.8, 4) is 5.75 Å². The number of carbonyl (C=O) groups excluding carboxylic acids is 1. The fraction of sp³-hybridized carbons (Fsp3) is 0.200. The molecule has 2 rings (SSSR count). The van der Waals surface area contributed by atoms with Gasteiger partial charge < -0.3 is 20.6 Å². The molecule has 0 bridgehead atoms. The van der Waals surface area contributed by atoms with Gasteiger partial charge in [-0.05, 0) is 23.6 Å². The highest BCUT2D eigenvalue weighted by Gasteiger charge is 2.03. The molecule has 0 aliphatic rings. The Hall–Kier alpha value is -2.54. The Kier molecular flexibility index (Phi) is 6.25. The average molecular weight is 319 g/mol. The molecule has 0 radical (unpaired) electrons. The summed E-state index contributed by atoms with van der Waals surface area (Å²) in [4.78, 5) is 17.5. The normalized spacial score (nSPS) is 11.0. The summed E-state index contributed by atoms with van der Waals surface area (Å²) in [6.07, 6.45) is 0. The highest BCUT2D eigenvalue weighted by Crippen LogP contribution is 2.08. The fourth-order valence-electron chi connectivity index (χ4n) is 1.52. The molecule has 0 fully saturated rings. The van der Waals surface area contributed by atoms with Crippen molar-refractivity contribution >= 4 is 23.1 Å². The molecule has 0 aliphatic carbocycles. The van der Waals surface area contributed by atoms with Gasteiger partial charge in [0.05, 0.1) is 6.54 Å². The van der Waals surface area contributed by atoms with E-state index in [1.54, 1.807) is 11.3 Å². The number of para-hydroxylation sites is 1. The molecule has 0 aliphatic heterocycles. The van der Waals surface area contributed by atoms with Gasteiger partial charge in [-0.2, -0.15) is 0 Å². The Morgan fingerprint density at radius 3 is 2.73 bits per heavy atom. The fourth-order valence-corrected chi connectivity index (χ4v) is 2.17. The summed E-state index contributed by atoms with van der Waals surface area (Å²) >= 11 is 1.58. The monoisotopic (exact) mass is 319 g/mol. The van der Waals surface area contributed by atoms with Gasteiger partial charge in [0.2, 0.25) is 0 Å². The van der Waals surface area contributed by atoms with Crippen molar-refractivity contribution in [2.24, 2.45) is 10.9 Å². The second kappa shape index (κ2) is 8.68. The van der Waals surface area contributed by atoms with Crippen molar-refractivity contribution in [2.45, 2.75) is 6.54 Å². The van der Waals surface area contributed by atoms with Crippen molar-refractivity contribution in [2.75, 3.05) is 13.2 Å². The number of oxime groups is 1. The van der Waals surface area contributed by atoms with Crippen LogP contribution in [0.4, 0.5) is 0 Å². The number of ether oxygens (including phenoxy) is 1. The summed E-state index contributed by atoms with van der Waals surface area (Å²) in [5.41, 5.74) is 5.63. The smallest absolute Gasteiger partial charge is 0.261 e. The molecule has 0 saturated heterocycles. The number of carbonyl (C=O) groups is 1. The largest absolute Gasteiger partial charge is 0.486 e. The Morgan fingerprint density at radius 2 is 2.00 bits per heavy atom. The Bertz CT molecular complexity index is 600. The number of nitrogens with two attached hydrogens (primary N) is 1. The third-order valence-electron chi connectivity index (χ3n) is 2.55. The number of hydrogen-bond donors (Lipinski definition) is 2. The van der Waals surface area contributed by atoms with Gasteiger partial charge in [-0.15, -0.1) is 11.3 Å². The minimum Gasteiger partial charge on any atom is -0.486 e. The number of hydrogen-bond acceptors (Lipinski definition) is 5. The predicted octanol–water partition coefficient (Wildman–Crippen LogP) is 1.73. The van der Waals surface area contributed by atoms with Crippen LogP contribution in [0.15, 0.2) is 53.0 Å². The number of benzene rings is 1. The second-order valence-electron chi connectivity index (χ2n) is 4.31. The SMILES string of the molecule is N/C(COc1ccccc1)=N\OCC(=O)NCc1cccs1. The minimum absolute atomic E-state index is 0.0980. The molecule has 1 aromatic heterocycles. The predicted molar refractivity (Wildman–Crippen MR) is 85.7 cm³/mol. The lowest BCUT2D eigenvalue weighted by molar-refractivity contribution is -0.125. The van der Waals surface area contributed by atoms with E-state index in [4.69, 9.17) is 15.3 Å². The molecule has 1 heterocycles. The van der Waals surface area contributed by atoms with Crippen LogP contribution < -0.4 is 15.8 Å². The molecule has 0 saturated carbocycles. The Morgan fingerprint density at radius 1 is 1.18 bits per heavy atom. The molecule has 0 unspecified atom stereocenters. The number of rotatable bonds is 8. The quantitative estimate of drug-likeness (QED) is 0.441. The van der Waals surface area contributed by atoms with Gasteiger partial charge in [-0.3, -0.25) is 4.79 Å². The van der Waals surface area contributed by atoms with E-state index < -0.39 is 0 Å². The van der Waals surface area contributed by atoms with Crippen LogP contribution in [0.2, 0.25) is 0 Å². The second-order valence-corrected chi connectivity index (χ2v) is 5.35. The average Bonchev–Trinajstić information content (AvgIpc) is 3.05. The lowest BCUT2D eigenvalue weighted by Gasteiger charge is -2.05. The first-order valence-electron chi connectivity index (χ1n) is 6.65. The van der Waals surface area contributed by atoms with Gasteiger partial charge in [0.25, 0.3) is 5.91 Å². The highest BCUT2D eigenvalue weighted by molar-refractivity contribution is 7.09. The maximum absolute atomic E-state index is 11.5. The summed E-state index contributed by atoms with van der Waals surface area (Å²) in [5.74, 6) is 0.596. The molecule has 2 aromatic rings. The number of nitrogens with one attached hydrogen (secondary N) is 1. The summed E-state index contributed by atoms with van der Waals surface area (Å²) in [7, 11) is 0. The lowest BCUT2D eigenvalue weighted by Crippen LogP contribution is -2.27. The maximum atomic E-state index is 11.5. The molecule has 1 aromatic carbocycles. The topological polar surface area (TPSA) is 85.9 Å². The summed E-state index contributed by atoms with van der Waals surface area (Å²) < 4.78 is 5.39. The van der Waals surface area contributed by atoms with Crippen molar-refractivity contribution in [3.63, 3.8) is 0 Å². The van der Waals surface area contributed by atoms with Crippen LogP contribution >= 0.6 is 11.3 Å². The van der Waals surface area contributed by atoms with E-state index in [-0.39, 0.29) is 25.0 Å². The third kappa shape index (κ3) is 5.84. The molecule has 116 valence electrons. The van der Waals surface area contributed by atoms with Gasteiger partial charge in [0.15, 0.2) is 12.4 Å². The molecule has 0 spiro atoms. The number of amides is 1. The van der Waals surface area contributed by atoms with Crippen LogP contribution in [0.25, 0.3) is 0 Å². The Balaban J connectivity index is 1.62. The van der Waals surface area contributed by atoms with Crippen molar-refractivity contribution in [1.29, 1.82) is 0 Å². The van der Waals surface area contributed by atoms with E-state index in [0.717, 1.165) is 4.88 Å². The summed E-state index contributed by atoms with van der Waals surface area (Å²) in [5, 5.41) is 8.31. The van der Waals surface area contributed by atoms with E-state index in [2.05, 4.69) is 10.5 Å². The standard InChI is InChI=1S/C15H17N3O3S/c16-14(10-20-12-5-2-1-3-6-12)18-21-11-15(19)17-9-13-7-4-8-22-13/h1-8H,9-11H2,(H2,16,18)(H,17,19). The molecule has 22 heavy (non-hydrogen) atoms. The zero-order chi connectivity index (χ0) is 15.6. The molecule has 1 amide bonds. The van der Waals surface area contributed by atoms with E-state index in [0.29, 0.717) is 12.3 Å². The van der Waals surface area contributed by atoms with E-state index in [1.165, 1.54) is 0 Å². The molecular weight excluding hydrogens is 302 g/mol. The molecule has 7 heteroatoms. The number of thiophene rings is 1. The zero-order valence-electron chi connectivity index (χ0n) is 11.9.